The molecule has 0 bridgehead atoms. The number of para-hydroxylation sites is 1. The molecule has 2 aromatic rings. The zero-order valence-electron chi connectivity index (χ0n) is 9.30. The van der Waals surface area contributed by atoms with E-state index in [4.69, 9.17) is 17.3 Å². The van der Waals surface area contributed by atoms with Crippen molar-refractivity contribution in [2.24, 2.45) is 0 Å². The lowest BCUT2D eigenvalue weighted by molar-refractivity contribution is 0.601. The highest BCUT2D eigenvalue weighted by Gasteiger charge is 2.18. The van der Waals surface area contributed by atoms with Crippen LogP contribution >= 0.6 is 11.6 Å². The number of halogens is 1. The van der Waals surface area contributed by atoms with Gasteiger partial charge in [-0.1, -0.05) is 35.9 Å². The number of hydrogen-bond acceptors (Lipinski definition) is 3. The largest absolute Gasteiger partial charge is 0.397 e. The van der Waals surface area contributed by atoms with Gasteiger partial charge in [-0.3, -0.25) is 4.72 Å². The van der Waals surface area contributed by atoms with E-state index in [1.165, 1.54) is 6.07 Å². The molecular formula is C12H11ClN2O2S. The highest BCUT2D eigenvalue weighted by molar-refractivity contribution is 7.92. The Bertz CT molecular complexity index is 657. The molecule has 0 amide bonds. The summed E-state index contributed by atoms with van der Waals surface area (Å²) in [7, 11) is -3.73. The van der Waals surface area contributed by atoms with Crippen LogP contribution in [0.4, 0.5) is 11.4 Å². The lowest BCUT2D eigenvalue weighted by atomic mass is 10.3. The monoisotopic (exact) mass is 282 g/mol. The molecule has 4 nitrogen and oxygen atoms in total. The molecule has 2 aromatic carbocycles. The van der Waals surface area contributed by atoms with Crippen LogP contribution in [0, 0.1) is 0 Å². The topological polar surface area (TPSA) is 72.2 Å². The maximum Gasteiger partial charge on any atom is 0.263 e. The SMILES string of the molecule is Nc1cccc(S(=O)(=O)Nc2ccccc2)c1Cl. The highest BCUT2D eigenvalue weighted by atomic mass is 35.5. The third-order valence-electron chi connectivity index (χ3n) is 2.31. The molecule has 2 rings (SSSR count). The number of anilines is 2. The second-order valence-electron chi connectivity index (χ2n) is 3.63. The van der Waals surface area contributed by atoms with Crippen LogP contribution in [-0.2, 0) is 10.0 Å². The van der Waals surface area contributed by atoms with Gasteiger partial charge in [-0.2, -0.15) is 0 Å². The summed E-state index contributed by atoms with van der Waals surface area (Å²) < 4.78 is 26.7. The molecule has 0 saturated heterocycles. The van der Waals surface area contributed by atoms with Gasteiger partial charge in [0.25, 0.3) is 10.0 Å². The Morgan fingerprint density at radius 1 is 1.00 bits per heavy atom. The number of nitrogens with two attached hydrogens (primary N) is 1. The Hall–Kier alpha value is -1.72. The molecule has 0 unspecified atom stereocenters. The summed E-state index contributed by atoms with van der Waals surface area (Å²) in [5.41, 5.74) is 6.28. The number of nitrogens with one attached hydrogen (secondary N) is 1. The molecule has 0 heterocycles. The van der Waals surface area contributed by atoms with Gasteiger partial charge < -0.3 is 5.73 Å². The molecule has 6 heteroatoms. The minimum Gasteiger partial charge on any atom is -0.397 e. The minimum atomic E-state index is -3.73. The van der Waals surface area contributed by atoms with Crippen molar-refractivity contribution in [1.29, 1.82) is 0 Å². The molecule has 0 aliphatic rings. The lowest BCUT2D eigenvalue weighted by Gasteiger charge is -2.10. The molecule has 94 valence electrons. The summed E-state index contributed by atoms with van der Waals surface area (Å²) in [6, 6.07) is 13.1. The third-order valence-corrected chi connectivity index (χ3v) is 4.27. The van der Waals surface area contributed by atoms with Gasteiger partial charge in [0.2, 0.25) is 0 Å². The van der Waals surface area contributed by atoms with Crippen LogP contribution in [0.5, 0.6) is 0 Å². The average molecular weight is 283 g/mol. The van der Waals surface area contributed by atoms with Gasteiger partial charge in [-0.25, -0.2) is 8.42 Å². The predicted octanol–water partition coefficient (Wildman–Crippen LogP) is 2.72. The average Bonchev–Trinajstić information content (AvgIpc) is 2.33. The van der Waals surface area contributed by atoms with Crippen molar-refractivity contribution in [3.63, 3.8) is 0 Å². The first-order valence-corrected chi connectivity index (χ1v) is 6.99. The number of hydrogen-bond donors (Lipinski definition) is 2. The van der Waals surface area contributed by atoms with E-state index in [0.717, 1.165) is 0 Å². The summed E-state index contributed by atoms with van der Waals surface area (Å²) in [4.78, 5) is -0.0342. The van der Waals surface area contributed by atoms with Gasteiger partial charge in [-0.05, 0) is 24.3 Å². The first-order chi connectivity index (χ1) is 8.50. The van der Waals surface area contributed by atoms with Crippen molar-refractivity contribution in [1.82, 2.24) is 0 Å². The van der Waals surface area contributed by atoms with Gasteiger partial charge in [0.05, 0.1) is 10.7 Å². The van der Waals surface area contributed by atoms with E-state index >= 15 is 0 Å². The number of rotatable bonds is 3. The Kier molecular flexibility index (Phi) is 3.45. The summed E-state index contributed by atoms with van der Waals surface area (Å²) in [5, 5.41) is 0.0286. The van der Waals surface area contributed by atoms with Crippen LogP contribution in [0.15, 0.2) is 53.4 Å². The van der Waals surface area contributed by atoms with Crippen molar-refractivity contribution in [3.8, 4) is 0 Å². The molecule has 0 aliphatic heterocycles. The second-order valence-corrected chi connectivity index (χ2v) is 5.66. The highest BCUT2D eigenvalue weighted by Crippen LogP contribution is 2.28. The summed E-state index contributed by atoms with van der Waals surface area (Å²) in [6.45, 7) is 0. The van der Waals surface area contributed by atoms with Gasteiger partial charge >= 0.3 is 0 Å². The number of benzene rings is 2. The molecule has 0 aliphatic carbocycles. The van der Waals surface area contributed by atoms with Gasteiger partial charge in [-0.15, -0.1) is 0 Å². The van der Waals surface area contributed by atoms with Crippen molar-refractivity contribution in [3.05, 3.63) is 53.6 Å². The molecule has 0 spiro atoms. The van der Waals surface area contributed by atoms with E-state index in [1.54, 1.807) is 42.5 Å². The molecule has 0 atom stereocenters. The first kappa shape index (κ1) is 12.7. The van der Waals surface area contributed by atoms with Crippen LogP contribution < -0.4 is 10.5 Å². The quantitative estimate of drug-likeness (QED) is 0.850. The maximum absolute atomic E-state index is 12.1. The van der Waals surface area contributed by atoms with Gasteiger partial charge in [0, 0.05) is 5.69 Å². The van der Waals surface area contributed by atoms with E-state index in [1.807, 2.05) is 0 Å². The van der Waals surface area contributed by atoms with Crippen LogP contribution in [-0.4, -0.2) is 8.42 Å². The predicted molar refractivity (Wildman–Crippen MR) is 73.1 cm³/mol. The van der Waals surface area contributed by atoms with Gasteiger partial charge in [0.15, 0.2) is 0 Å². The fourth-order valence-electron chi connectivity index (χ4n) is 1.45. The number of nitrogen functional groups attached to an aromatic ring is 1. The second kappa shape index (κ2) is 4.88. The molecule has 0 aromatic heterocycles. The van der Waals surface area contributed by atoms with Crippen molar-refractivity contribution >= 4 is 33.0 Å². The Balaban J connectivity index is 2.41. The van der Waals surface area contributed by atoms with Crippen LogP contribution in [0.2, 0.25) is 5.02 Å². The lowest BCUT2D eigenvalue weighted by Crippen LogP contribution is -2.13. The molecule has 0 fully saturated rings. The van der Waals surface area contributed by atoms with Crippen LogP contribution in [0.1, 0.15) is 0 Å². The van der Waals surface area contributed by atoms with Crippen LogP contribution in [0.3, 0.4) is 0 Å². The smallest absolute Gasteiger partial charge is 0.263 e. The van der Waals surface area contributed by atoms with Crippen LogP contribution in [0.25, 0.3) is 0 Å². The minimum absolute atomic E-state index is 0.0286. The van der Waals surface area contributed by atoms with E-state index < -0.39 is 10.0 Å². The van der Waals surface area contributed by atoms with Gasteiger partial charge in [0.1, 0.15) is 4.90 Å². The van der Waals surface area contributed by atoms with Crippen molar-refractivity contribution < 1.29 is 8.42 Å². The number of sulfonamides is 1. The normalized spacial score (nSPS) is 11.2. The summed E-state index contributed by atoms with van der Waals surface area (Å²) >= 11 is 5.90. The summed E-state index contributed by atoms with van der Waals surface area (Å²) in [5.74, 6) is 0. The maximum atomic E-state index is 12.1. The molecule has 0 radical (unpaired) electrons. The van der Waals surface area contributed by atoms with E-state index in [2.05, 4.69) is 4.72 Å². The summed E-state index contributed by atoms with van der Waals surface area (Å²) in [6.07, 6.45) is 0. The van der Waals surface area contributed by atoms with E-state index in [-0.39, 0.29) is 15.6 Å². The van der Waals surface area contributed by atoms with Crippen molar-refractivity contribution in [2.75, 3.05) is 10.5 Å². The molecule has 0 saturated carbocycles. The first-order valence-electron chi connectivity index (χ1n) is 5.12. The third kappa shape index (κ3) is 2.57. The zero-order chi connectivity index (χ0) is 13.2. The standard InChI is InChI=1S/C12H11ClN2O2S/c13-12-10(14)7-4-8-11(12)18(16,17)15-9-5-2-1-3-6-9/h1-8,15H,14H2. The fraction of sp³-hybridized carbons (Fsp3) is 0. The Morgan fingerprint density at radius 3 is 2.33 bits per heavy atom. The molecule has 18 heavy (non-hydrogen) atoms. The molecule has 3 N–H and O–H groups in total. The Labute approximate surface area is 110 Å². The fourth-order valence-corrected chi connectivity index (χ4v) is 3.05. The molecular weight excluding hydrogens is 272 g/mol. The Morgan fingerprint density at radius 2 is 1.67 bits per heavy atom. The van der Waals surface area contributed by atoms with Crippen molar-refractivity contribution in [2.45, 2.75) is 4.90 Å². The van der Waals surface area contributed by atoms with E-state index in [0.29, 0.717) is 5.69 Å². The zero-order valence-corrected chi connectivity index (χ0v) is 10.9. The van der Waals surface area contributed by atoms with E-state index in [9.17, 15) is 8.42 Å².